The lowest BCUT2D eigenvalue weighted by atomic mass is 10.3. The number of nitrogens with zero attached hydrogens (tertiary/aromatic N) is 3. The third-order valence-electron chi connectivity index (χ3n) is 4.76. The number of halogens is 1. The van der Waals surface area contributed by atoms with Crippen LogP contribution in [0.2, 0.25) is 0 Å². The van der Waals surface area contributed by atoms with E-state index < -0.39 is 0 Å². The van der Waals surface area contributed by atoms with E-state index in [4.69, 9.17) is 9.72 Å². The molecule has 1 saturated heterocycles. The number of rotatable bonds is 7. The highest BCUT2D eigenvalue weighted by Gasteiger charge is 2.20. The first-order chi connectivity index (χ1) is 14.2. The van der Waals surface area contributed by atoms with Gasteiger partial charge in [0.2, 0.25) is 0 Å². The lowest BCUT2D eigenvalue weighted by molar-refractivity contribution is -0.114. The van der Waals surface area contributed by atoms with E-state index in [1.807, 2.05) is 34.6 Å². The van der Waals surface area contributed by atoms with E-state index in [2.05, 4.69) is 23.3 Å². The van der Waals surface area contributed by atoms with Gasteiger partial charge in [-0.25, -0.2) is 4.98 Å². The van der Waals surface area contributed by atoms with Crippen molar-refractivity contribution in [3.8, 4) is 0 Å². The molecule has 3 heterocycles. The van der Waals surface area contributed by atoms with Crippen molar-refractivity contribution in [3.63, 3.8) is 0 Å². The molecule has 0 saturated carbocycles. The Morgan fingerprint density at radius 1 is 1.30 bits per heavy atom. The Morgan fingerprint density at radius 3 is 2.87 bits per heavy atom. The molecule has 0 atom stereocenters. The second kappa shape index (κ2) is 11.3. The van der Waals surface area contributed by atoms with Gasteiger partial charge in [0, 0.05) is 42.0 Å². The molecule has 0 N–H and O–H groups in total. The molecule has 0 radical (unpaired) electrons. The number of thioether (sulfide) groups is 1. The molecule has 0 unspecified atom stereocenters. The average molecular weight is 482 g/mol. The Balaban J connectivity index is 0.00000256. The van der Waals surface area contributed by atoms with Crippen molar-refractivity contribution in [3.05, 3.63) is 46.7 Å². The molecule has 3 aromatic rings. The van der Waals surface area contributed by atoms with Gasteiger partial charge in [0.05, 0.1) is 23.4 Å². The van der Waals surface area contributed by atoms with Gasteiger partial charge in [0.25, 0.3) is 5.91 Å². The van der Waals surface area contributed by atoms with Gasteiger partial charge in [-0.1, -0.05) is 23.5 Å². The number of carbonyl (C=O) groups is 1. The van der Waals surface area contributed by atoms with Crippen molar-refractivity contribution in [1.29, 1.82) is 0 Å². The minimum absolute atomic E-state index is 0. The molecule has 5 nitrogen and oxygen atoms in total. The maximum absolute atomic E-state index is 13.1. The molecule has 2 aromatic heterocycles. The minimum Gasteiger partial charge on any atom is -0.379 e. The van der Waals surface area contributed by atoms with Crippen LogP contribution in [0.4, 0.5) is 5.13 Å². The van der Waals surface area contributed by atoms with E-state index in [9.17, 15) is 4.79 Å². The fraction of sp³-hybridized carbons (Fsp3) is 0.333. The van der Waals surface area contributed by atoms with E-state index in [-0.39, 0.29) is 18.3 Å². The van der Waals surface area contributed by atoms with E-state index in [1.54, 1.807) is 40.5 Å². The molecule has 1 aliphatic rings. The van der Waals surface area contributed by atoms with Crippen LogP contribution >= 0.6 is 46.8 Å². The number of thiophene rings is 1. The quantitative estimate of drug-likeness (QED) is 0.355. The molecule has 1 amide bonds. The Hall–Kier alpha value is -1.42. The number of hydrogen-bond donors (Lipinski definition) is 0. The summed E-state index contributed by atoms with van der Waals surface area (Å²) in [7, 11) is 0. The molecular formula is C21H24ClN3O2S3. The number of fused-ring (bicyclic) bond motifs is 1. The van der Waals surface area contributed by atoms with Gasteiger partial charge in [-0.15, -0.1) is 35.5 Å². The van der Waals surface area contributed by atoms with Crippen LogP contribution < -0.4 is 4.90 Å². The Labute approximate surface area is 195 Å². The summed E-state index contributed by atoms with van der Waals surface area (Å²) in [4.78, 5) is 24.3. The molecule has 0 aliphatic carbocycles. The van der Waals surface area contributed by atoms with Gasteiger partial charge in [0.1, 0.15) is 0 Å². The number of hydrogen-bond acceptors (Lipinski definition) is 7. The van der Waals surface area contributed by atoms with Gasteiger partial charge in [-0.3, -0.25) is 14.6 Å². The third kappa shape index (κ3) is 5.63. The zero-order valence-electron chi connectivity index (χ0n) is 16.7. The number of amides is 1. The second-order valence-corrected chi connectivity index (χ2v) is 9.43. The first kappa shape index (κ1) is 23.2. The molecule has 4 rings (SSSR count). The van der Waals surface area contributed by atoms with Gasteiger partial charge in [0.15, 0.2) is 5.13 Å². The standard InChI is InChI=1S/C21H23N3O2S3.ClH/c1-27-17-5-2-6-18-20(17)22-21(29-18)24(10-9-23-11-13-26-14-12-23)19(25)8-7-16-4-3-15-28-16;/h2-8,15H,9-14H2,1H3;1H. The number of benzene rings is 1. The summed E-state index contributed by atoms with van der Waals surface area (Å²) in [6.07, 6.45) is 5.60. The predicted molar refractivity (Wildman–Crippen MR) is 132 cm³/mol. The van der Waals surface area contributed by atoms with Gasteiger partial charge in [-0.05, 0) is 35.9 Å². The van der Waals surface area contributed by atoms with E-state index in [1.165, 1.54) is 0 Å². The lowest BCUT2D eigenvalue weighted by Gasteiger charge is -2.28. The zero-order valence-corrected chi connectivity index (χ0v) is 19.9. The van der Waals surface area contributed by atoms with Crippen LogP contribution in [0.15, 0.2) is 46.7 Å². The van der Waals surface area contributed by atoms with Crippen LogP contribution in [-0.2, 0) is 9.53 Å². The molecule has 30 heavy (non-hydrogen) atoms. The van der Waals surface area contributed by atoms with Crippen LogP contribution in [0, 0.1) is 0 Å². The SMILES string of the molecule is CSc1cccc2sc(N(CCN3CCOCC3)C(=O)C=Cc3cccs3)nc12.Cl. The average Bonchev–Trinajstić information content (AvgIpc) is 3.42. The maximum atomic E-state index is 13.1. The van der Waals surface area contributed by atoms with Gasteiger partial charge in [-0.2, -0.15) is 0 Å². The Kier molecular flexibility index (Phi) is 8.73. The van der Waals surface area contributed by atoms with Crippen molar-refractivity contribution in [2.75, 3.05) is 50.5 Å². The van der Waals surface area contributed by atoms with E-state index >= 15 is 0 Å². The van der Waals surface area contributed by atoms with E-state index in [0.717, 1.165) is 58.0 Å². The number of thiazole rings is 1. The molecule has 1 aromatic carbocycles. The highest BCUT2D eigenvalue weighted by Crippen LogP contribution is 2.34. The number of morpholine rings is 1. The van der Waals surface area contributed by atoms with Gasteiger partial charge < -0.3 is 4.74 Å². The summed E-state index contributed by atoms with van der Waals surface area (Å²) in [5, 5.41) is 2.77. The number of aromatic nitrogens is 1. The summed E-state index contributed by atoms with van der Waals surface area (Å²) in [5.74, 6) is -0.0311. The summed E-state index contributed by atoms with van der Waals surface area (Å²) >= 11 is 4.88. The molecule has 9 heteroatoms. The maximum Gasteiger partial charge on any atom is 0.252 e. The van der Waals surface area contributed by atoms with E-state index in [0.29, 0.717) is 6.54 Å². The molecule has 0 spiro atoms. The highest BCUT2D eigenvalue weighted by molar-refractivity contribution is 7.98. The first-order valence-corrected chi connectivity index (χ1v) is 12.4. The molecular weight excluding hydrogens is 458 g/mol. The molecule has 0 bridgehead atoms. The smallest absolute Gasteiger partial charge is 0.252 e. The summed E-state index contributed by atoms with van der Waals surface area (Å²) in [6.45, 7) is 4.75. The number of carbonyl (C=O) groups excluding carboxylic acids is 1. The van der Waals surface area contributed by atoms with Gasteiger partial charge >= 0.3 is 0 Å². The van der Waals surface area contributed by atoms with Crippen LogP contribution in [0.25, 0.3) is 16.3 Å². The number of para-hydroxylation sites is 1. The monoisotopic (exact) mass is 481 g/mol. The van der Waals surface area contributed by atoms with Crippen LogP contribution in [-0.4, -0.2) is 61.4 Å². The lowest BCUT2D eigenvalue weighted by Crippen LogP contribution is -2.42. The molecule has 160 valence electrons. The van der Waals surface area contributed by atoms with Crippen molar-refractivity contribution in [2.24, 2.45) is 0 Å². The summed E-state index contributed by atoms with van der Waals surface area (Å²) in [6, 6.07) is 10.2. The Bertz CT molecular complexity index is 985. The van der Waals surface area contributed by atoms with Crippen molar-refractivity contribution in [1.82, 2.24) is 9.88 Å². The number of ether oxygens (including phenoxy) is 1. The minimum atomic E-state index is -0.0311. The Morgan fingerprint density at radius 2 is 2.13 bits per heavy atom. The predicted octanol–water partition coefficient (Wildman–Crippen LogP) is 4.88. The third-order valence-corrected chi connectivity index (χ3v) is 7.41. The van der Waals surface area contributed by atoms with Crippen molar-refractivity contribution < 1.29 is 9.53 Å². The normalized spacial score (nSPS) is 14.8. The summed E-state index contributed by atoms with van der Waals surface area (Å²) < 4.78 is 6.55. The topological polar surface area (TPSA) is 45.7 Å². The molecule has 1 aliphatic heterocycles. The zero-order chi connectivity index (χ0) is 20.1. The highest BCUT2D eigenvalue weighted by atomic mass is 35.5. The van der Waals surface area contributed by atoms with Crippen LogP contribution in [0.1, 0.15) is 4.88 Å². The first-order valence-electron chi connectivity index (χ1n) is 9.51. The van der Waals surface area contributed by atoms with Crippen LogP contribution in [0.5, 0.6) is 0 Å². The fourth-order valence-electron chi connectivity index (χ4n) is 3.19. The van der Waals surface area contributed by atoms with Crippen LogP contribution in [0.3, 0.4) is 0 Å². The van der Waals surface area contributed by atoms with Crippen molar-refractivity contribution in [2.45, 2.75) is 4.90 Å². The summed E-state index contributed by atoms with van der Waals surface area (Å²) in [5.41, 5.74) is 0.978. The number of anilines is 1. The molecule has 1 fully saturated rings. The fourth-order valence-corrected chi connectivity index (χ4v) is 5.46. The second-order valence-electron chi connectivity index (χ2n) is 6.60. The van der Waals surface area contributed by atoms with Crippen molar-refractivity contribution >= 4 is 74.2 Å². The largest absolute Gasteiger partial charge is 0.379 e.